The fourth-order valence-electron chi connectivity index (χ4n) is 5.26. The molecule has 1 heterocycles. The third kappa shape index (κ3) is 5.44. The predicted molar refractivity (Wildman–Crippen MR) is 144 cm³/mol. The van der Waals surface area contributed by atoms with Crippen molar-refractivity contribution in [3.05, 3.63) is 101 Å². The number of primary amides is 1. The summed E-state index contributed by atoms with van der Waals surface area (Å²) in [5.74, 6) is -0.261. The van der Waals surface area contributed by atoms with E-state index < -0.39 is 5.41 Å². The van der Waals surface area contributed by atoms with Crippen molar-refractivity contribution < 1.29 is 14.6 Å². The summed E-state index contributed by atoms with van der Waals surface area (Å²) in [5, 5.41) is 10.2. The molecule has 1 fully saturated rings. The molecule has 36 heavy (non-hydrogen) atoms. The Kier molecular flexibility index (Phi) is 8.04. The van der Waals surface area contributed by atoms with Crippen molar-refractivity contribution in [3.63, 3.8) is 0 Å². The van der Waals surface area contributed by atoms with Gasteiger partial charge in [0.2, 0.25) is 5.91 Å². The van der Waals surface area contributed by atoms with Gasteiger partial charge in [-0.2, -0.15) is 0 Å². The molecule has 1 saturated heterocycles. The third-order valence-electron chi connectivity index (χ3n) is 7.60. The summed E-state index contributed by atoms with van der Waals surface area (Å²) >= 11 is 6.21. The van der Waals surface area contributed by atoms with Gasteiger partial charge in [0.05, 0.1) is 23.1 Å². The lowest BCUT2D eigenvalue weighted by Crippen LogP contribution is -2.47. The monoisotopic (exact) mass is 506 g/mol. The number of hydrogen-bond acceptors (Lipinski definition) is 4. The molecule has 190 valence electrons. The van der Waals surface area contributed by atoms with Crippen molar-refractivity contribution in [2.24, 2.45) is 5.73 Å². The van der Waals surface area contributed by atoms with Crippen LogP contribution in [-0.4, -0.2) is 40.6 Å². The van der Waals surface area contributed by atoms with E-state index in [0.29, 0.717) is 18.1 Å². The molecule has 0 aromatic heterocycles. The lowest BCUT2D eigenvalue weighted by Gasteiger charge is -2.40. The Labute approximate surface area is 218 Å². The molecule has 6 heteroatoms. The van der Waals surface area contributed by atoms with Gasteiger partial charge in [-0.15, -0.1) is 0 Å². The van der Waals surface area contributed by atoms with Crippen molar-refractivity contribution in [1.29, 1.82) is 0 Å². The number of rotatable bonds is 10. The summed E-state index contributed by atoms with van der Waals surface area (Å²) in [6.45, 7) is 6.51. The second-order valence-electron chi connectivity index (χ2n) is 10.2. The zero-order valence-electron chi connectivity index (χ0n) is 21.0. The third-order valence-corrected chi connectivity index (χ3v) is 8.04. The number of carbonyl (C=O) groups excluding carboxylic acids is 1. The van der Waals surface area contributed by atoms with Gasteiger partial charge in [0.1, 0.15) is 5.75 Å². The average Bonchev–Trinajstić information content (AvgIpc) is 3.37. The number of ether oxygens (including phenoxy) is 1. The molecule has 0 spiro atoms. The van der Waals surface area contributed by atoms with E-state index in [1.165, 1.54) is 0 Å². The van der Waals surface area contributed by atoms with Crippen LogP contribution in [0.15, 0.2) is 78.9 Å². The van der Waals surface area contributed by atoms with E-state index in [0.717, 1.165) is 42.6 Å². The molecule has 0 unspecified atom stereocenters. The fourth-order valence-corrected chi connectivity index (χ4v) is 5.44. The summed E-state index contributed by atoms with van der Waals surface area (Å²) in [5.41, 5.74) is 7.72. The first-order valence-electron chi connectivity index (χ1n) is 12.5. The summed E-state index contributed by atoms with van der Waals surface area (Å²) in [6.07, 6.45) is 2.37. The maximum Gasteiger partial charge on any atom is 0.232 e. The van der Waals surface area contributed by atoms with Crippen molar-refractivity contribution in [2.75, 3.05) is 13.1 Å². The van der Waals surface area contributed by atoms with Crippen molar-refractivity contribution >= 4 is 17.5 Å². The number of phenols is 1. The number of carbonyl (C=O) groups is 1. The van der Waals surface area contributed by atoms with Crippen LogP contribution in [0.2, 0.25) is 5.02 Å². The van der Waals surface area contributed by atoms with Crippen LogP contribution in [0.4, 0.5) is 0 Å². The molecule has 0 bridgehead atoms. The van der Waals surface area contributed by atoms with E-state index in [4.69, 9.17) is 22.1 Å². The number of phenolic OH excluding ortho intramolecular Hbond substituents is 1. The van der Waals surface area contributed by atoms with E-state index >= 15 is 0 Å². The Balaban J connectivity index is 1.47. The molecule has 3 aromatic rings. The van der Waals surface area contributed by atoms with E-state index in [-0.39, 0.29) is 23.3 Å². The van der Waals surface area contributed by atoms with Gasteiger partial charge in [-0.3, -0.25) is 9.69 Å². The molecule has 4 rings (SSSR count). The van der Waals surface area contributed by atoms with E-state index in [9.17, 15) is 9.90 Å². The minimum absolute atomic E-state index is 0.0710. The van der Waals surface area contributed by atoms with Gasteiger partial charge >= 0.3 is 0 Å². The maximum absolute atomic E-state index is 13.1. The van der Waals surface area contributed by atoms with Crippen LogP contribution in [0.5, 0.6) is 5.75 Å². The molecule has 5 nitrogen and oxygen atoms in total. The fraction of sp³-hybridized carbons (Fsp3) is 0.367. The molecule has 1 amide bonds. The molecule has 3 N–H and O–H groups in total. The largest absolute Gasteiger partial charge is 0.506 e. The number of hydrogen-bond donors (Lipinski definition) is 2. The number of amides is 1. The number of benzene rings is 3. The van der Waals surface area contributed by atoms with E-state index in [2.05, 4.69) is 18.7 Å². The number of nitrogens with two attached hydrogens (primary N) is 1. The lowest BCUT2D eigenvalue weighted by atomic mass is 9.69. The predicted octanol–water partition coefficient (Wildman–Crippen LogP) is 5.67. The Hall–Kier alpha value is -2.86. The second-order valence-corrected chi connectivity index (χ2v) is 10.6. The number of likely N-dealkylation sites (tertiary alicyclic amines) is 1. The van der Waals surface area contributed by atoms with Crippen LogP contribution in [0.1, 0.15) is 49.8 Å². The number of nitrogens with zero attached hydrogens (tertiary/aromatic N) is 1. The number of aromatic hydroxyl groups is 1. The molecule has 3 aromatic carbocycles. The van der Waals surface area contributed by atoms with Gasteiger partial charge in [-0.1, -0.05) is 84.4 Å². The van der Waals surface area contributed by atoms with Gasteiger partial charge < -0.3 is 15.6 Å². The van der Waals surface area contributed by atoms with Gasteiger partial charge in [-0.25, -0.2) is 0 Å². The standard InChI is InChI=1S/C30H35ClN2O3/c1-29(2,33-19-16-25(20-33)36-21-22-10-9-15-26(34)27(22)31)17-18-30(28(32)35,23-11-5-3-6-12-23)24-13-7-4-8-14-24/h3-15,25,34H,16-21H2,1-2H3,(H2,32,35)/t25-/m1/s1. The Morgan fingerprint density at radius 2 is 1.61 bits per heavy atom. The quantitative estimate of drug-likeness (QED) is 0.371. The first-order chi connectivity index (χ1) is 17.2. The molecule has 0 radical (unpaired) electrons. The topological polar surface area (TPSA) is 75.8 Å². The minimum atomic E-state index is -0.901. The Bertz CT molecular complexity index is 1130. The highest BCUT2D eigenvalue weighted by Gasteiger charge is 2.43. The molecule has 0 aliphatic carbocycles. The zero-order chi connectivity index (χ0) is 25.8. The van der Waals surface area contributed by atoms with Crippen molar-refractivity contribution in [1.82, 2.24) is 4.90 Å². The van der Waals surface area contributed by atoms with E-state index in [1.54, 1.807) is 12.1 Å². The normalized spacial score (nSPS) is 16.8. The highest BCUT2D eigenvalue weighted by molar-refractivity contribution is 6.32. The number of halogens is 1. The molecular weight excluding hydrogens is 472 g/mol. The summed E-state index contributed by atoms with van der Waals surface area (Å²) < 4.78 is 6.16. The molecule has 1 aliphatic heterocycles. The summed E-state index contributed by atoms with van der Waals surface area (Å²) in [4.78, 5) is 15.6. The first-order valence-corrected chi connectivity index (χ1v) is 12.9. The van der Waals surface area contributed by atoms with Crippen LogP contribution in [0, 0.1) is 0 Å². The molecule has 0 saturated carbocycles. The zero-order valence-corrected chi connectivity index (χ0v) is 21.7. The van der Waals surface area contributed by atoms with Crippen LogP contribution in [-0.2, 0) is 21.6 Å². The van der Waals surface area contributed by atoms with Gasteiger partial charge in [0.15, 0.2) is 0 Å². The molecule has 1 atom stereocenters. The van der Waals surface area contributed by atoms with Crippen LogP contribution in [0.3, 0.4) is 0 Å². The highest BCUT2D eigenvalue weighted by atomic mass is 35.5. The maximum atomic E-state index is 13.1. The van der Waals surface area contributed by atoms with E-state index in [1.807, 2.05) is 66.7 Å². The van der Waals surface area contributed by atoms with Crippen molar-refractivity contribution in [3.8, 4) is 5.75 Å². The summed E-state index contributed by atoms with van der Waals surface area (Å²) in [6, 6.07) is 25.0. The molecule has 1 aliphatic rings. The smallest absolute Gasteiger partial charge is 0.232 e. The van der Waals surface area contributed by atoms with Gasteiger partial charge in [0.25, 0.3) is 0 Å². The molecular formula is C30H35ClN2O3. The SMILES string of the molecule is CC(C)(CCC(C(N)=O)(c1ccccc1)c1ccccc1)N1CC[C@@H](OCc2cccc(O)c2Cl)C1. The van der Waals surface area contributed by atoms with Crippen LogP contribution in [0.25, 0.3) is 0 Å². The minimum Gasteiger partial charge on any atom is -0.506 e. The first kappa shape index (κ1) is 26.2. The lowest BCUT2D eigenvalue weighted by molar-refractivity contribution is -0.122. The second kappa shape index (κ2) is 11.0. The average molecular weight is 507 g/mol. The Morgan fingerprint density at radius 1 is 1.00 bits per heavy atom. The van der Waals surface area contributed by atoms with Crippen LogP contribution >= 0.6 is 11.6 Å². The van der Waals surface area contributed by atoms with Gasteiger partial charge in [0, 0.05) is 24.2 Å². The summed E-state index contributed by atoms with van der Waals surface area (Å²) in [7, 11) is 0. The highest BCUT2D eigenvalue weighted by Crippen LogP contribution is 2.40. The van der Waals surface area contributed by atoms with Crippen LogP contribution < -0.4 is 5.73 Å². The van der Waals surface area contributed by atoms with Crippen molar-refractivity contribution in [2.45, 2.75) is 56.8 Å². The Morgan fingerprint density at radius 3 is 2.19 bits per heavy atom. The van der Waals surface area contributed by atoms with Gasteiger partial charge in [-0.05, 0) is 50.3 Å².